The van der Waals surface area contributed by atoms with Crippen LogP contribution in [0.15, 0.2) is 53.8 Å². The van der Waals surface area contributed by atoms with Crippen molar-refractivity contribution < 1.29 is 4.74 Å². The number of rotatable bonds is 10. The molecule has 2 rings (SSSR count). The molecule has 0 spiro atoms. The second-order valence-corrected chi connectivity index (χ2v) is 6.40. The summed E-state index contributed by atoms with van der Waals surface area (Å²) in [6.07, 6.45) is 2.63. The van der Waals surface area contributed by atoms with E-state index in [9.17, 15) is 0 Å². The Kier molecular flexibility index (Phi) is 8.35. The summed E-state index contributed by atoms with van der Waals surface area (Å²) in [7, 11) is 2.01. The third-order valence-corrected chi connectivity index (χ3v) is 3.95. The number of nitrogens with zero attached hydrogens (tertiary/aromatic N) is 5. The predicted octanol–water partition coefficient (Wildman–Crippen LogP) is 2.37. The van der Waals surface area contributed by atoms with Crippen molar-refractivity contribution in [2.75, 3.05) is 33.3 Å². The molecule has 27 heavy (non-hydrogen) atoms. The van der Waals surface area contributed by atoms with Gasteiger partial charge >= 0.3 is 0 Å². The van der Waals surface area contributed by atoms with Crippen LogP contribution >= 0.6 is 0 Å². The lowest BCUT2D eigenvalue weighted by Crippen LogP contribution is -2.42. The van der Waals surface area contributed by atoms with Crippen LogP contribution in [0.4, 0.5) is 0 Å². The van der Waals surface area contributed by atoms with Gasteiger partial charge in [0, 0.05) is 26.6 Å². The highest BCUT2D eigenvalue weighted by molar-refractivity contribution is 5.79. The molecule has 0 saturated carbocycles. The maximum absolute atomic E-state index is 5.78. The summed E-state index contributed by atoms with van der Waals surface area (Å²) < 4.78 is 7.84. The zero-order chi connectivity index (χ0) is 19.5. The molecule has 0 bridgehead atoms. The van der Waals surface area contributed by atoms with Crippen molar-refractivity contribution in [1.82, 2.24) is 25.0 Å². The van der Waals surface area contributed by atoms with Crippen molar-refractivity contribution in [3.63, 3.8) is 0 Å². The molecule has 1 N–H and O–H groups in total. The average molecular weight is 371 g/mol. The van der Waals surface area contributed by atoms with Gasteiger partial charge in [-0.15, -0.1) is 10.2 Å². The number of hydrogen-bond donors (Lipinski definition) is 1. The lowest BCUT2D eigenvalue weighted by atomic mass is 10.3. The fourth-order valence-electron chi connectivity index (χ4n) is 2.47. The van der Waals surface area contributed by atoms with Crippen LogP contribution < -0.4 is 10.1 Å². The van der Waals surface area contributed by atoms with E-state index in [2.05, 4.69) is 43.5 Å². The molecule has 0 aliphatic heterocycles. The van der Waals surface area contributed by atoms with Gasteiger partial charge in [-0.05, 0) is 19.1 Å². The molecule has 1 heterocycles. The van der Waals surface area contributed by atoms with E-state index < -0.39 is 0 Å². The summed E-state index contributed by atoms with van der Waals surface area (Å²) >= 11 is 0. The number of ether oxygens (including phenoxy) is 1. The van der Waals surface area contributed by atoms with Crippen LogP contribution in [0.3, 0.4) is 0 Å². The Labute approximate surface area is 161 Å². The second kappa shape index (κ2) is 11.0. The topological polar surface area (TPSA) is 67.6 Å². The Hall–Kier alpha value is -2.83. The second-order valence-electron chi connectivity index (χ2n) is 6.40. The standard InChI is InChI=1S/C20H30N6O/c1-5-19-24-23-16-26(19)12-11-21-20(22-15-17(2)3)25(4)13-14-27-18-9-7-6-8-10-18/h6-10,16H,2,5,11-15H2,1,3-4H3,(H,21,22). The minimum absolute atomic E-state index is 0.583. The van der Waals surface area contributed by atoms with Gasteiger partial charge in [0.1, 0.15) is 24.5 Å². The fourth-order valence-corrected chi connectivity index (χ4v) is 2.47. The largest absolute Gasteiger partial charge is 0.492 e. The van der Waals surface area contributed by atoms with E-state index in [-0.39, 0.29) is 0 Å². The summed E-state index contributed by atoms with van der Waals surface area (Å²) in [4.78, 5) is 6.71. The lowest BCUT2D eigenvalue weighted by Gasteiger charge is -2.23. The van der Waals surface area contributed by atoms with Crippen LogP contribution in [0, 0.1) is 0 Å². The number of aliphatic imine (C=N–C) groups is 1. The Morgan fingerprint density at radius 2 is 2.11 bits per heavy atom. The van der Waals surface area contributed by atoms with Crippen LogP contribution in [-0.4, -0.2) is 58.9 Å². The third-order valence-electron chi connectivity index (χ3n) is 3.95. The summed E-state index contributed by atoms with van der Waals surface area (Å²) in [5.74, 6) is 2.70. The van der Waals surface area contributed by atoms with Crippen molar-refractivity contribution in [3.8, 4) is 5.75 Å². The molecule has 1 aromatic carbocycles. The monoisotopic (exact) mass is 370 g/mol. The number of hydrogen-bond acceptors (Lipinski definition) is 4. The normalized spacial score (nSPS) is 11.3. The Morgan fingerprint density at radius 1 is 1.33 bits per heavy atom. The molecule has 0 fully saturated rings. The zero-order valence-corrected chi connectivity index (χ0v) is 16.6. The highest BCUT2D eigenvalue weighted by atomic mass is 16.5. The summed E-state index contributed by atoms with van der Waals surface area (Å²) in [5.41, 5.74) is 1.02. The van der Waals surface area contributed by atoms with Gasteiger partial charge in [-0.25, -0.2) is 4.99 Å². The maximum Gasteiger partial charge on any atom is 0.194 e. The molecule has 0 aliphatic rings. The molecule has 0 radical (unpaired) electrons. The average Bonchev–Trinajstić information content (AvgIpc) is 3.12. The summed E-state index contributed by atoms with van der Waals surface area (Å²) in [6.45, 7) is 11.4. The SMILES string of the molecule is C=C(C)CN=C(NCCn1cnnc1CC)N(C)CCOc1ccccc1. The van der Waals surface area contributed by atoms with Crippen LogP contribution in [0.2, 0.25) is 0 Å². The first-order chi connectivity index (χ1) is 13.1. The predicted molar refractivity (Wildman–Crippen MR) is 109 cm³/mol. The van der Waals surface area contributed by atoms with Gasteiger partial charge in [0.25, 0.3) is 0 Å². The molecule has 0 atom stereocenters. The van der Waals surface area contributed by atoms with Gasteiger partial charge in [-0.2, -0.15) is 0 Å². The minimum atomic E-state index is 0.583. The first-order valence-electron chi connectivity index (χ1n) is 9.28. The van der Waals surface area contributed by atoms with E-state index in [0.717, 1.165) is 49.2 Å². The molecule has 7 heteroatoms. The first kappa shape index (κ1) is 20.5. The van der Waals surface area contributed by atoms with E-state index in [4.69, 9.17) is 4.74 Å². The van der Waals surface area contributed by atoms with Crippen LogP contribution in [0.25, 0.3) is 0 Å². The van der Waals surface area contributed by atoms with Crippen LogP contribution in [0.1, 0.15) is 19.7 Å². The Morgan fingerprint density at radius 3 is 2.81 bits per heavy atom. The molecule has 0 unspecified atom stereocenters. The first-order valence-corrected chi connectivity index (χ1v) is 9.28. The van der Waals surface area contributed by atoms with Gasteiger partial charge in [-0.3, -0.25) is 0 Å². The van der Waals surface area contributed by atoms with Crippen LogP contribution in [-0.2, 0) is 13.0 Å². The van der Waals surface area contributed by atoms with E-state index in [0.29, 0.717) is 13.2 Å². The van der Waals surface area contributed by atoms with Crippen molar-refractivity contribution in [2.24, 2.45) is 4.99 Å². The Bertz CT molecular complexity index is 725. The van der Waals surface area contributed by atoms with Crippen molar-refractivity contribution in [1.29, 1.82) is 0 Å². The zero-order valence-electron chi connectivity index (χ0n) is 16.6. The van der Waals surface area contributed by atoms with Gasteiger partial charge in [0.2, 0.25) is 0 Å². The molecule has 0 saturated heterocycles. The molecule has 0 amide bonds. The summed E-state index contributed by atoms with van der Waals surface area (Å²) in [5, 5.41) is 11.5. The molecular formula is C20H30N6O. The summed E-state index contributed by atoms with van der Waals surface area (Å²) in [6, 6.07) is 9.83. The van der Waals surface area contributed by atoms with Crippen molar-refractivity contribution >= 4 is 5.96 Å². The highest BCUT2D eigenvalue weighted by Gasteiger charge is 2.08. The number of nitrogens with one attached hydrogen (secondary N) is 1. The molecule has 2 aromatic rings. The molecule has 7 nitrogen and oxygen atoms in total. The number of likely N-dealkylation sites (N-methyl/N-ethyl adjacent to an activating group) is 1. The van der Waals surface area contributed by atoms with Crippen molar-refractivity contribution in [3.05, 3.63) is 54.6 Å². The number of para-hydroxylation sites is 1. The van der Waals surface area contributed by atoms with E-state index in [1.807, 2.05) is 44.3 Å². The maximum atomic E-state index is 5.78. The molecule has 1 aromatic heterocycles. The highest BCUT2D eigenvalue weighted by Crippen LogP contribution is 2.07. The number of aryl methyl sites for hydroxylation is 1. The number of guanidine groups is 1. The quantitative estimate of drug-likeness (QED) is 0.395. The van der Waals surface area contributed by atoms with Crippen LogP contribution in [0.5, 0.6) is 5.75 Å². The van der Waals surface area contributed by atoms with E-state index in [1.165, 1.54) is 0 Å². The van der Waals surface area contributed by atoms with Gasteiger partial charge in [0.15, 0.2) is 5.96 Å². The van der Waals surface area contributed by atoms with E-state index in [1.54, 1.807) is 6.33 Å². The lowest BCUT2D eigenvalue weighted by molar-refractivity contribution is 0.281. The molecule has 0 aliphatic carbocycles. The third kappa shape index (κ3) is 7.13. The molecule has 146 valence electrons. The number of aromatic nitrogens is 3. The van der Waals surface area contributed by atoms with Gasteiger partial charge in [-0.1, -0.05) is 37.3 Å². The van der Waals surface area contributed by atoms with E-state index >= 15 is 0 Å². The smallest absolute Gasteiger partial charge is 0.194 e. The van der Waals surface area contributed by atoms with Crippen molar-refractivity contribution in [2.45, 2.75) is 26.8 Å². The minimum Gasteiger partial charge on any atom is -0.492 e. The fraction of sp³-hybridized carbons (Fsp3) is 0.450. The molecular weight excluding hydrogens is 340 g/mol. The van der Waals surface area contributed by atoms with Gasteiger partial charge < -0.3 is 19.5 Å². The number of benzene rings is 1. The van der Waals surface area contributed by atoms with Gasteiger partial charge in [0.05, 0.1) is 13.1 Å². The Balaban J connectivity index is 1.86.